The third-order valence-electron chi connectivity index (χ3n) is 4.67. The number of unbranched alkanes of at least 4 members (excludes halogenated alkanes) is 2. The lowest BCUT2D eigenvalue weighted by Gasteiger charge is -2.25. The van der Waals surface area contributed by atoms with Gasteiger partial charge < -0.3 is 9.47 Å². The van der Waals surface area contributed by atoms with Gasteiger partial charge in [-0.1, -0.05) is 45.1 Å². The highest BCUT2D eigenvalue weighted by Gasteiger charge is 2.38. The summed E-state index contributed by atoms with van der Waals surface area (Å²) in [7, 11) is 0. The lowest BCUT2D eigenvalue weighted by Crippen LogP contribution is -2.31. The Hall–Kier alpha value is -1.32. The molecule has 0 saturated heterocycles. The molecule has 4 heteroatoms. The van der Waals surface area contributed by atoms with Crippen LogP contribution in [0.5, 0.6) is 0 Å². The van der Waals surface area contributed by atoms with Crippen molar-refractivity contribution in [1.29, 1.82) is 0 Å². The molecule has 0 radical (unpaired) electrons. The number of hydrogen-bond acceptors (Lipinski definition) is 4. The van der Waals surface area contributed by atoms with Gasteiger partial charge in [-0.25, -0.2) is 4.79 Å². The minimum absolute atomic E-state index is 0.197. The van der Waals surface area contributed by atoms with Gasteiger partial charge in [-0.2, -0.15) is 0 Å². The van der Waals surface area contributed by atoms with Crippen LogP contribution in [-0.2, 0) is 19.1 Å². The fraction of sp³-hybridized carbons (Fsp3) is 0.800. The molecule has 0 N–H and O–H groups in total. The molecule has 1 aliphatic carbocycles. The second-order valence-corrected chi connectivity index (χ2v) is 6.95. The van der Waals surface area contributed by atoms with Gasteiger partial charge in [-0.05, 0) is 45.4 Å². The number of carbonyl (C=O) groups is 2. The monoisotopic (exact) mass is 338 g/mol. The van der Waals surface area contributed by atoms with E-state index in [2.05, 4.69) is 13.8 Å². The van der Waals surface area contributed by atoms with Gasteiger partial charge in [0.05, 0.1) is 24.7 Å². The average molecular weight is 338 g/mol. The Balaban J connectivity index is 2.93. The van der Waals surface area contributed by atoms with Crippen LogP contribution in [0.25, 0.3) is 0 Å². The van der Waals surface area contributed by atoms with E-state index in [9.17, 15) is 9.59 Å². The van der Waals surface area contributed by atoms with Crippen molar-refractivity contribution in [2.75, 3.05) is 13.2 Å². The number of hydrogen-bond donors (Lipinski definition) is 0. The minimum Gasteiger partial charge on any atom is -0.465 e. The molecule has 1 fully saturated rings. The molecule has 0 aliphatic heterocycles. The summed E-state index contributed by atoms with van der Waals surface area (Å²) in [5, 5.41) is 0. The molecule has 1 rings (SSSR count). The molecular weight excluding hydrogens is 304 g/mol. The quantitative estimate of drug-likeness (QED) is 0.326. The lowest BCUT2D eigenvalue weighted by molar-refractivity contribution is -0.152. The van der Waals surface area contributed by atoms with Gasteiger partial charge in [0.25, 0.3) is 0 Å². The van der Waals surface area contributed by atoms with Crippen LogP contribution in [0.1, 0.15) is 79.1 Å². The number of esters is 2. The molecular formula is C20H34O4. The van der Waals surface area contributed by atoms with E-state index in [4.69, 9.17) is 9.47 Å². The zero-order valence-electron chi connectivity index (χ0n) is 15.9. The van der Waals surface area contributed by atoms with E-state index in [1.165, 1.54) is 0 Å². The first-order valence-corrected chi connectivity index (χ1v) is 9.54. The van der Waals surface area contributed by atoms with Gasteiger partial charge in [0.15, 0.2) is 0 Å². The van der Waals surface area contributed by atoms with E-state index in [1.807, 2.05) is 13.8 Å². The Morgan fingerprint density at radius 2 is 1.50 bits per heavy atom. The molecule has 1 unspecified atom stereocenters. The molecule has 24 heavy (non-hydrogen) atoms. The van der Waals surface area contributed by atoms with Crippen molar-refractivity contribution in [2.24, 2.45) is 11.8 Å². The summed E-state index contributed by atoms with van der Waals surface area (Å²) < 4.78 is 10.9. The Bertz CT molecular complexity index is 429. The standard InChI is InChI=1S/C20H34O4/c1-5-7-13-23-19(21)17(15(3)4)18(16-11-9-10-12-16)20(22)24-14-8-6-2/h16,18H,5-14H2,1-4H3. The number of carbonyl (C=O) groups excluding carboxylic acids is 2. The van der Waals surface area contributed by atoms with Gasteiger partial charge >= 0.3 is 11.9 Å². The number of allylic oxidation sites excluding steroid dienone is 1. The van der Waals surface area contributed by atoms with Gasteiger partial charge in [0.2, 0.25) is 0 Å². The molecule has 4 nitrogen and oxygen atoms in total. The highest BCUT2D eigenvalue weighted by molar-refractivity contribution is 5.96. The van der Waals surface area contributed by atoms with E-state index in [1.54, 1.807) is 0 Å². The van der Waals surface area contributed by atoms with Crippen LogP contribution in [0, 0.1) is 11.8 Å². The van der Waals surface area contributed by atoms with Crippen LogP contribution in [0.2, 0.25) is 0 Å². The molecule has 0 bridgehead atoms. The Morgan fingerprint density at radius 1 is 0.958 bits per heavy atom. The summed E-state index contributed by atoms with van der Waals surface area (Å²) in [5.74, 6) is -0.863. The summed E-state index contributed by atoms with van der Waals surface area (Å²) in [5.41, 5.74) is 1.39. The molecule has 1 aliphatic rings. The Kier molecular flexibility index (Phi) is 9.73. The van der Waals surface area contributed by atoms with Gasteiger partial charge in [-0.3, -0.25) is 4.79 Å². The molecule has 1 atom stereocenters. The van der Waals surface area contributed by atoms with Crippen LogP contribution in [0.3, 0.4) is 0 Å². The summed E-state index contributed by atoms with van der Waals surface area (Å²) in [6, 6.07) is 0. The topological polar surface area (TPSA) is 52.6 Å². The second kappa shape index (κ2) is 11.3. The first kappa shape index (κ1) is 20.7. The zero-order chi connectivity index (χ0) is 17.9. The zero-order valence-corrected chi connectivity index (χ0v) is 15.9. The fourth-order valence-corrected chi connectivity index (χ4v) is 3.27. The maximum absolute atomic E-state index is 12.7. The molecule has 138 valence electrons. The lowest BCUT2D eigenvalue weighted by atomic mass is 9.82. The molecule has 0 amide bonds. The second-order valence-electron chi connectivity index (χ2n) is 6.95. The fourth-order valence-electron chi connectivity index (χ4n) is 3.27. The predicted molar refractivity (Wildman–Crippen MR) is 95.6 cm³/mol. The van der Waals surface area contributed by atoms with Crippen LogP contribution in [0.15, 0.2) is 11.1 Å². The summed E-state index contributed by atoms with van der Waals surface area (Å²) in [4.78, 5) is 25.3. The minimum atomic E-state index is -0.469. The molecule has 0 aromatic carbocycles. The molecule has 0 spiro atoms. The highest BCUT2D eigenvalue weighted by Crippen LogP contribution is 2.37. The van der Waals surface area contributed by atoms with Gasteiger partial charge in [-0.15, -0.1) is 0 Å². The maximum atomic E-state index is 12.7. The van der Waals surface area contributed by atoms with Crippen molar-refractivity contribution < 1.29 is 19.1 Å². The largest absolute Gasteiger partial charge is 0.465 e. The number of rotatable bonds is 10. The Morgan fingerprint density at radius 3 is 2.00 bits per heavy atom. The average Bonchev–Trinajstić information content (AvgIpc) is 3.06. The van der Waals surface area contributed by atoms with E-state index >= 15 is 0 Å². The first-order valence-electron chi connectivity index (χ1n) is 9.54. The predicted octanol–water partition coefficient (Wildman–Crippen LogP) is 4.82. The van der Waals surface area contributed by atoms with Gasteiger partial charge in [0.1, 0.15) is 0 Å². The SMILES string of the molecule is CCCCOC(=O)C(=C(C)C)C(C(=O)OCCCC)C1CCCC1. The molecule has 0 aromatic heterocycles. The summed E-state index contributed by atoms with van der Waals surface area (Å²) >= 11 is 0. The van der Waals surface area contributed by atoms with E-state index < -0.39 is 5.92 Å². The van der Waals surface area contributed by atoms with Crippen molar-refractivity contribution in [3.8, 4) is 0 Å². The first-order chi connectivity index (χ1) is 11.5. The van der Waals surface area contributed by atoms with Crippen LogP contribution in [-0.4, -0.2) is 25.2 Å². The van der Waals surface area contributed by atoms with Crippen molar-refractivity contribution in [3.63, 3.8) is 0 Å². The third-order valence-corrected chi connectivity index (χ3v) is 4.67. The van der Waals surface area contributed by atoms with Crippen LogP contribution >= 0.6 is 0 Å². The van der Waals surface area contributed by atoms with Crippen LogP contribution in [0.4, 0.5) is 0 Å². The van der Waals surface area contributed by atoms with E-state index in [0.29, 0.717) is 18.8 Å². The van der Waals surface area contributed by atoms with Crippen molar-refractivity contribution >= 4 is 11.9 Å². The summed E-state index contributed by atoms with van der Waals surface area (Å²) in [6.45, 7) is 8.74. The van der Waals surface area contributed by atoms with E-state index in [-0.39, 0.29) is 17.9 Å². The van der Waals surface area contributed by atoms with E-state index in [0.717, 1.165) is 56.9 Å². The smallest absolute Gasteiger partial charge is 0.334 e. The molecule has 0 heterocycles. The van der Waals surface area contributed by atoms with Crippen molar-refractivity contribution in [1.82, 2.24) is 0 Å². The van der Waals surface area contributed by atoms with Gasteiger partial charge in [0, 0.05) is 0 Å². The molecule has 1 saturated carbocycles. The highest BCUT2D eigenvalue weighted by atomic mass is 16.5. The van der Waals surface area contributed by atoms with Crippen molar-refractivity contribution in [3.05, 3.63) is 11.1 Å². The normalized spacial score (nSPS) is 15.8. The third kappa shape index (κ3) is 6.29. The maximum Gasteiger partial charge on any atom is 0.334 e. The summed E-state index contributed by atoms with van der Waals surface area (Å²) in [6.07, 6.45) is 7.84. The molecule has 0 aromatic rings. The van der Waals surface area contributed by atoms with Crippen LogP contribution < -0.4 is 0 Å². The number of ether oxygens (including phenoxy) is 2. The van der Waals surface area contributed by atoms with Crippen molar-refractivity contribution in [2.45, 2.75) is 79.1 Å². The Labute approximate surface area is 147 Å².